The maximum Gasteiger partial charge on any atom is -0.0187 e. The molecule has 0 heteroatoms. The molecule has 2 aromatic carbocycles. The molecule has 0 fully saturated rings. The third-order valence-electron chi connectivity index (χ3n) is 3.59. The summed E-state index contributed by atoms with van der Waals surface area (Å²) in [6.07, 6.45) is 5.84. The first-order valence-corrected chi connectivity index (χ1v) is 6.86. The summed E-state index contributed by atoms with van der Waals surface area (Å²) in [5, 5.41) is 0. The molecule has 1 aliphatic rings. The minimum atomic E-state index is 0.593. The molecule has 0 heterocycles. The molecule has 19 heavy (non-hydrogen) atoms. The van der Waals surface area contributed by atoms with Gasteiger partial charge in [0.2, 0.25) is 0 Å². The smallest absolute Gasteiger partial charge is 0.0187 e. The van der Waals surface area contributed by atoms with Gasteiger partial charge in [-0.2, -0.15) is 0 Å². The highest BCUT2D eigenvalue weighted by atomic mass is 14.2. The Morgan fingerprint density at radius 2 is 1.37 bits per heavy atom. The number of benzene rings is 2. The predicted molar refractivity (Wildman–Crippen MR) is 82.6 cm³/mol. The van der Waals surface area contributed by atoms with E-state index in [1.165, 1.54) is 22.3 Å². The van der Waals surface area contributed by atoms with Crippen molar-refractivity contribution in [2.45, 2.75) is 13.3 Å². The molecule has 2 aromatic rings. The molecule has 1 aliphatic carbocycles. The van der Waals surface area contributed by atoms with Crippen molar-refractivity contribution in [3.8, 4) is 0 Å². The summed E-state index contributed by atoms with van der Waals surface area (Å²) in [4.78, 5) is 0. The minimum absolute atomic E-state index is 0.593. The van der Waals surface area contributed by atoms with Crippen molar-refractivity contribution >= 4 is 11.1 Å². The van der Waals surface area contributed by atoms with Crippen LogP contribution in [-0.4, -0.2) is 0 Å². The number of rotatable bonds is 2. The van der Waals surface area contributed by atoms with E-state index in [0.29, 0.717) is 5.92 Å². The van der Waals surface area contributed by atoms with Gasteiger partial charge in [-0.1, -0.05) is 79.7 Å². The Hall–Kier alpha value is -2.08. The summed E-state index contributed by atoms with van der Waals surface area (Å²) in [5.74, 6) is 0.593. The second-order valence-corrected chi connectivity index (χ2v) is 5.21. The minimum Gasteiger partial charge on any atom is -0.0735 e. The van der Waals surface area contributed by atoms with Crippen LogP contribution in [0.2, 0.25) is 0 Å². The fraction of sp³-hybridized carbons (Fsp3) is 0.158. The Morgan fingerprint density at radius 3 is 2.00 bits per heavy atom. The van der Waals surface area contributed by atoms with Crippen molar-refractivity contribution in [3.63, 3.8) is 0 Å². The number of hydrogen-bond acceptors (Lipinski definition) is 0. The van der Waals surface area contributed by atoms with Crippen molar-refractivity contribution in [2.75, 3.05) is 0 Å². The van der Waals surface area contributed by atoms with Gasteiger partial charge in [0, 0.05) is 0 Å². The lowest BCUT2D eigenvalue weighted by atomic mass is 9.85. The van der Waals surface area contributed by atoms with Gasteiger partial charge in [-0.05, 0) is 34.6 Å². The topological polar surface area (TPSA) is 0 Å². The molecule has 94 valence electrons. The maximum absolute atomic E-state index is 2.38. The summed E-state index contributed by atoms with van der Waals surface area (Å²) in [7, 11) is 0. The van der Waals surface area contributed by atoms with Crippen LogP contribution in [0.15, 0.2) is 72.8 Å². The van der Waals surface area contributed by atoms with Gasteiger partial charge in [0.1, 0.15) is 0 Å². The molecule has 0 aliphatic heterocycles. The molecule has 0 saturated carbocycles. The second kappa shape index (κ2) is 5.27. The van der Waals surface area contributed by atoms with Crippen molar-refractivity contribution in [1.82, 2.24) is 0 Å². The van der Waals surface area contributed by atoms with Gasteiger partial charge >= 0.3 is 0 Å². The first-order chi connectivity index (χ1) is 9.33. The van der Waals surface area contributed by atoms with Crippen LogP contribution in [0.4, 0.5) is 0 Å². The zero-order valence-corrected chi connectivity index (χ0v) is 11.2. The van der Waals surface area contributed by atoms with Gasteiger partial charge in [0.05, 0.1) is 0 Å². The SMILES string of the molecule is CC1C=C(c2ccccc2)C=C(c2ccccc2)C1. The quantitative estimate of drug-likeness (QED) is 0.683. The van der Waals surface area contributed by atoms with E-state index < -0.39 is 0 Å². The molecule has 0 aromatic heterocycles. The Labute approximate surface area is 115 Å². The summed E-state index contributed by atoms with van der Waals surface area (Å²) in [5.41, 5.74) is 5.44. The maximum atomic E-state index is 2.38. The molecule has 0 radical (unpaired) electrons. The largest absolute Gasteiger partial charge is 0.0735 e. The molecule has 0 saturated heterocycles. The van der Waals surface area contributed by atoms with E-state index in [-0.39, 0.29) is 0 Å². The van der Waals surface area contributed by atoms with Crippen LogP contribution >= 0.6 is 0 Å². The van der Waals surface area contributed by atoms with Crippen LogP contribution in [0.1, 0.15) is 24.5 Å². The lowest BCUT2D eigenvalue weighted by Gasteiger charge is -2.19. The highest BCUT2D eigenvalue weighted by molar-refractivity contribution is 5.86. The Balaban J connectivity index is 2.00. The van der Waals surface area contributed by atoms with Crippen molar-refractivity contribution in [3.05, 3.63) is 83.9 Å². The Morgan fingerprint density at radius 1 is 0.789 bits per heavy atom. The van der Waals surface area contributed by atoms with Crippen molar-refractivity contribution < 1.29 is 0 Å². The molecule has 1 unspecified atom stereocenters. The zero-order valence-electron chi connectivity index (χ0n) is 11.2. The molecule has 0 N–H and O–H groups in total. The van der Waals surface area contributed by atoms with Gasteiger partial charge in [-0.25, -0.2) is 0 Å². The van der Waals surface area contributed by atoms with E-state index in [1.54, 1.807) is 0 Å². The number of allylic oxidation sites excluding steroid dienone is 4. The van der Waals surface area contributed by atoms with Gasteiger partial charge < -0.3 is 0 Å². The highest BCUT2D eigenvalue weighted by Gasteiger charge is 2.13. The summed E-state index contributed by atoms with van der Waals surface area (Å²) >= 11 is 0. The van der Waals surface area contributed by atoms with Gasteiger partial charge in [-0.15, -0.1) is 0 Å². The molecule has 0 amide bonds. The monoisotopic (exact) mass is 246 g/mol. The van der Waals surface area contributed by atoms with E-state index >= 15 is 0 Å². The van der Waals surface area contributed by atoms with Gasteiger partial charge in [0.25, 0.3) is 0 Å². The average molecular weight is 246 g/mol. The van der Waals surface area contributed by atoms with E-state index in [9.17, 15) is 0 Å². The Bertz CT molecular complexity index is 603. The van der Waals surface area contributed by atoms with Gasteiger partial charge in [-0.3, -0.25) is 0 Å². The van der Waals surface area contributed by atoms with Crippen molar-refractivity contribution in [1.29, 1.82) is 0 Å². The molecular formula is C19H18. The summed E-state index contributed by atoms with van der Waals surface area (Å²) < 4.78 is 0. The molecule has 0 bridgehead atoms. The van der Waals surface area contributed by atoms with Crippen molar-refractivity contribution in [2.24, 2.45) is 5.92 Å². The van der Waals surface area contributed by atoms with Crippen LogP contribution in [0.5, 0.6) is 0 Å². The zero-order chi connectivity index (χ0) is 13.1. The molecular weight excluding hydrogens is 228 g/mol. The molecule has 3 rings (SSSR count). The highest BCUT2D eigenvalue weighted by Crippen LogP contribution is 2.33. The second-order valence-electron chi connectivity index (χ2n) is 5.21. The first kappa shape index (κ1) is 12.0. The van der Waals surface area contributed by atoms with Crippen LogP contribution in [0.3, 0.4) is 0 Å². The van der Waals surface area contributed by atoms with Crippen LogP contribution in [0.25, 0.3) is 11.1 Å². The Kier molecular flexibility index (Phi) is 3.33. The fourth-order valence-corrected chi connectivity index (χ4v) is 2.67. The van der Waals surface area contributed by atoms with Crippen LogP contribution in [-0.2, 0) is 0 Å². The van der Waals surface area contributed by atoms with Crippen LogP contribution in [0, 0.1) is 5.92 Å². The molecule has 1 atom stereocenters. The average Bonchev–Trinajstić information content (AvgIpc) is 2.48. The first-order valence-electron chi connectivity index (χ1n) is 6.86. The number of hydrogen-bond donors (Lipinski definition) is 0. The lowest BCUT2D eigenvalue weighted by Crippen LogP contribution is -2.00. The standard InChI is InChI=1S/C19H18/c1-15-12-18(16-8-4-2-5-9-16)14-19(13-15)17-10-6-3-7-11-17/h2-12,14-15H,13H2,1H3. The third kappa shape index (κ3) is 2.68. The van der Waals surface area contributed by atoms with E-state index in [4.69, 9.17) is 0 Å². The molecule has 0 nitrogen and oxygen atoms in total. The summed E-state index contributed by atoms with van der Waals surface area (Å²) in [6.45, 7) is 2.29. The predicted octanol–water partition coefficient (Wildman–Crippen LogP) is 5.19. The normalized spacial score (nSPS) is 18.7. The van der Waals surface area contributed by atoms with Gasteiger partial charge in [0.15, 0.2) is 0 Å². The fourth-order valence-electron chi connectivity index (χ4n) is 2.67. The van der Waals surface area contributed by atoms with E-state index in [0.717, 1.165) is 6.42 Å². The van der Waals surface area contributed by atoms with E-state index in [2.05, 4.69) is 79.7 Å². The lowest BCUT2D eigenvalue weighted by molar-refractivity contribution is 0.752. The van der Waals surface area contributed by atoms with Crippen LogP contribution < -0.4 is 0 Å². The van der Waals surface area contributed by atoms with E-state index in [1.807, 2.05) is 0 Å². The summed E-state index contributed by atoms with van der Waals surface area (Å²) in [6, 6.07) is 21.3. The molecule has 0 spiro atoms. The third-order valence-corrected chi connectivity index (χ3v) is 3.59.